The molecule has 0 fully saturated rings. The highest BCUT2D eigenvalue weighted by atomic mass is 14.9. The maximum absolute atomic E-state index is 8.19. The molecule has 0 aliphatic rings. The molecular weight excluding hydrogens is 1080 g/mol. The van der Waals surface area contributed by atoms with Crippen molar-refractivity contribution < 1.29 is 29.7 Å². The summed E-state index contributed by atoms with van der Waals surface area (Å²) in [6.45, 7) is 33.4. The molecule has 0 saturated carbocycles. The second-order valence-corrected chi connectivity index (χ2v) is 26.3. The second kappa shape index (κ2) is 32.9. The number of rotatable bonds is 12. The van der Waals surface area contributed by atoms with Crippen LogP contribution in [0.15, 0.2) is 213 Å². The van der Waals surface area contributed by atoms with Crippen molar-refractivity contribution in [2.75, 3.05) is 0 Å². The van der Waals surface area contributed by atoms with Gasteiger partial charge in [-0.1, -0.05) is 167 Å². The Bertz CT molecular complexity index is 4040. The summed E-state index contributed by atoms with van der Waals surface area (Å²) < 4.78 is 51.4. The Morgan fingerprint density at radius 3 is 0.820 bits per heavy atom. The Labute approximate surface area is 546 Å². The molecule has 0 saturated heterocycles. The van der Waals surface area contributed by atoms with Gasteiger partial charge in [0.05, 0.1) is 0 Å². The SMILES string of the molecule is Cc1ccccc1-c1ccc(C(C)C)c[n+]1C.Cc1ccccc1-c1ccc(CC(C)(C)C)c[n+]1C.[2H]C(C)(C)c1ccc(-c2ccccc2C)[n+](C)c1.[2H]C([2H])(c1ccc(-c2ccccc2C)[n+](C)c1)C(C)C.[2H]C([2H])(c1ccc(-c2ccccc2C)[n+](C)c1)C(C)C. The van der Waals surface area contributed by atoms with E-state index in [0.717, 1.165) is 34.5 Å². The van der Waals surface area contributed by atoms with E-state index in [9.17, 15) is 0 Å². The molecule has 0 spiro atoms. The maximum atomic E-state index is 8.19. The smallest absolute Gasteiger partial charge is 0.201 e. The lowest BCUT2D eigenvalue weighted by Gasteiger charge is -2.17. The number of aromatic nitrogens is 5. The number of pyridine rings is 5. The van der Waals surface area contributed by atoms with E-state index in [-0.39, 0.29) is 11.8 Å². The van der Waals surface area contributed by atoms with Crippen LogP contribution in [0.2, 0.25) is 0 Å². The summed E-state index contributed by atoms with van der Waals surface area (Å²) in [5.74, 6) is -0.0760. The van der Waals surface area contributed by atoms with Gasteiger partial charge in [0.25, 0.3) is 0 Å². The Balaban J connectivity index is 0.000000186. The molecule has 5 nitrogen and oxygen atoms in total. The summed E-state index contributed by atoms with van der Waals surface area (Å²) >= 11 is 0. The Kier molecular flexibility index (Phi) is 23.1. The number of hydrogen-bond acceptors (Lipinski definition) is 0. The molecule has 5 aromatic carbocycles. The monoisotopic (exact) mass is 1190 g/mol. The first-order valence-electron chi connectivity index (χ1n) is 34.3. The fourth-order valence-electron chi connectivity index (χ4n) is 11.0. The van der Waals surface area contributed by atoms with Crippen molar-refractivity contribution in [3.8, 4) is 56.3 Å². The van der Waals surface area contributed by atoms with Gasteiger partial charge in [-0.15, -0.1) is 0 Å². The van der Waals surface area contributed by atoms with Gasteiger partial charge in [-0.3, -0.25) is 0 Å². The zero-order valence-corrected chi connectivity index (χ0v) is 57.9. The van der Waals surface area contributed by atoms with Gasteiger partial charge >= 0.3 is 0 Å². The molecule has 0 unspecified atom stereocenters. The quantitative estimate of drug-likeness (QED) is 0.109. The summed E-state index contributed by atoms with van der Waals surface area (Å²) in [6, 6.07) is 62.9. The van der Waals surface area contributed by atoms with Crippen LogP contribution in [0.3, 0.4) is 0 Å². The predicted octanol–water partition coefficient (Wildman–Crippen LogP) is 18.7. The fourth-order valence-corrected chi connectivity index (χ4v) is 11.0. The van der Waals surface area contributed by atoms with Crippen LogP contribution in [0.1, 0.15) is 150 Å². The van der Waals surface area contributed by atoms with Crippen molar-refractivity contribution in [3.63, 3.8) is 0 Å². The molecule has 5 aromatic heterocycles. The van der Waals surface area contributed by atoms with Gasteiger partial charge in [0.2, 0.25) is 28.5 Å². The zero-order valence-electron chi connectivity index (χ0n) is 62.9. The van der Waals surface area contributed by atoms with Crippen molar-refractivity contribution in [2.45, 2.75) is 142 Å². The van der Waals surface area contributed by atoms with Crippen molar-refractivity contribution in [1.82, 2.24) is 0 Å². The first-order chi connectivity index (χ1) is 44.0. The Morgan fingerprint density at radius 2 is 0.573 bits per heavy atom. The molecule has 0 aliphatic carbocycles. The van der Waals surface area contributed by atoms with Gasteiger partial charge in [-0.25, -0.2) is 22.8 Å². The van der Waals surface area contributed by atoms with E-state index in [2.05, 4.69) is 249 Å². The minimum absolute atomic E-state index is 0.0492. The van der Waals surface area contributed by atoms with Gasteiger partial charge < -0.3 is 0 Å². The van der Waals surface area contributed by atoms with E-state index in [1.165, 1.54) is 83.8 Å². The first kappa shape index (κ1) is 62.5. The van der Waals surface area contributed by atoms with E-state index in [4.69, 9.17) is 6.85 Å². The summed E-state index contributed by atoms with van der Waals surface area (Å²) in [6.07, 6.45) is 8.84. The third kappa shape index (κ3) is 20.7. The van der Waals surface area contributed by atoms with E-state index < -0.39 is 18.6 Å². The Hall–Kier alpha value is -8.15. The van der Waals surface area contributed by atoms with Gasteiger partial charge in [0.15, 0.2) is 31.0 Å². The molecule has 0 atom stereocenters. The van der Waals surface area contributed by atoms with Gasteiger partial charge in [0, 0.05) is 92.8 Å². The molecule has 5 heteroatoms. The summed E-state index contributed by atoms with van der Waals surface area (Å²) in [5, 5.41) is 0. The maximum Gasteiger partial charge on any atom is 0.212 e. The summed E-state index contributed by atoms with van der Waals surface area (Å²) in [5.41, 5.74) is 24.1. The van der Waals surface area contributed by atoms with Crippen LogP contribution in [0.5, 0.6) is 0 Å². The van der Waals surface area contributed by atoms with Crippen LogP contribution in [0.25, 0.3) is 56.3 Å². The highest BCUT2D eigenvalue weighted by Gasteiger charge is 2.20. The zero-order chi connectivity index (χ0) is 69.6. The summed E-state index contributed by atoms with van der Waals surface area (Å²) in [7, 11) is 10.2. The minimum Gasteiger partial charge on any atom is -0.201 e. The van der Waals surface area contributed by atoms with Crippen molar-refractivity contribution >= 4 is 0 Å². The van der Waals surface area contributed by atoms with Crippen LogP contribution >= 0.6 is 0 Å². The Morgan fingerprint density at radius 1 is 0.326 bits per heavy atom. The molecule has 464 valence electrons. The molecule has 10 aromatic rings. The van der Waals surface area contributed by atoms with E-state index in [1.807, 2.05) is 133 Å². The lowest BCUT2D eigenvalue weighted by atomic mass is 9.88. The normalized spacial score (nSPS) is 12.3. The lowest BCUT2D eigenvalue weighted by molar-refractivity contribution is -0.661. The molecule has 0 aliphatic heterocycles. The average Bonchev–Trinajstić information content (AvgIpc) is 0.825. The van der Waals surface area contributed by atoms with Gasteiger partial charge in [0.1, 0.15) is 35.2 Å². The second-order valence-electron chi connectivity index (χ2n) is 26.3. The van der Waals surface area contributed by atoms with Crippen LogP contribution in [0, 0.1) is 51.9 Å². The van der Waals surface area contributed by atoms with Crippen LogP contribution in [-0.2, 0) is 54.4 Å². The highest BCUT2D eigenvalue weighted by Crippen LogP contribution is 2.27. The van der Waals surface area contributed by atoms with Crippen molar-refractivity contribution in [1.29, 1.82) is 0 Å². The van der Waals surface area contributed by atoms with Crippen molar-refractivity contribution in [2.24, 2.45) is 52.5 Å². The third-order valence-corrected chi connectivity index (χ3v) is 15.7. The van der Waals surface area contributed by atoms with Crippen molar-refractivity contribution in [3.05, 3.63) is 269 Å². The molecule has 10 rings (SSSR count). The average molecular weight is 1190 g/mol. The number of benzene rings is 5. The molecule has 5 heterocycles. The molecular formula is C84H108N5+5. The standard InChI is InChI=1S/C18H24N.2C17H22N.2C16H20N/c1-14-8-6-7-9-16(14)17-11-10-15(13-19(17)5)12-18(2,3)4;2*1-13(2)11-15-9-10-17(18(4)12-15)16-8-6-5-7-14(16)3;2*1-12(2)14-9-10-16(17(4)11-14)15-8-6-5-7-13(15)3/h6-11,13H,12H2,1-5H3;2*5-10,12-13H,11H2,1-4H3;2*5-12H,1-4H3/q5*+1/i;2*11D2;12D;. The van der Waals surface area contributed by atoms with Gasteiger partial charge in [-0.05, 0) is 171 Å². The minimum atomic E-state index is -1.30. The van der Waals surface area contributed by atoms with Gasteiger partial charge in [-0.2, -0.15) is 0 Å². The topological polar surface area (TPSA) is 19.4 Å². The molecule has 89 heavy (non-hydrogen) atoms. The van der Waals surface area contributed by atoms with E-state index >= 15 is 0 Å². The van der Waals surface area contributed by atoms with Crippen LogP contribution < -0.4 is 22.8 Å². The molecule has 0 amide bonds. The highest BCUT2D eigenvalue weighted by molar-refractivity contribution is 5.64. The van der Waals surface area contributed by atoms with Crippen LogP contribution in [0.4, 0.5) is 0 Å². The largest absolute Gasteiger partial charge is 0.212 e. The molecule has 0 N–H and O–H groups in total. The van der Waals surface area contributed by atoms with Crippen LogP contribution in [-0.4, -0.2) is 0 Å². The predicted molar refractivity (Wildman–Crippen MR) is 377 cm³/mol. The van der Waals surface area contributed by atoms with E-state index in [1.54, 1.807) is 0 Å². The first-order valence-corrected chi connectivity index (χ1v) is 31.8. The lowest BCUT2D eigenvalue weighted by Crippen LogP contribution is -2.32. The molecule has 0 radical (unpaired) electrons. The summed E-state index contributed by atoms with van der Waals surface area (Å²) in [4.78, 5) is 0. The number of aryl methyl sites for hydroxylation is 10. The molecule has 0 bridgehead atoms. The number of nitrogens with zero attached hydrogens (tertiary/aromatic N) is 5. The fraction of sp³-hybridized carbons (Fsp3) is 0.345. The van der Waals surface area contributed by atoms with E-state index in [0.29, 0.717) is 11.3 Å². The third-order valence-electron chi connectivity index (χ3n) is 15.7. The number of hydrogen-bond donors (Lipinski definition) is 0.